The van der Waals surface area contributed by atoms with Crippen LogP contribution < -0.4 is 10.2 Å². The number of carboxylic acids is 1. The molecule has 0 fully saturated rings. The van der Waals surface area contributed by atoms with Crippen LogP contribution in [0.1, 0.15) is 0 Å². The summed E-state index contributed by atoms with van der Waals surface area (Å²) in [4.78, 5) is 13.1. The van der Waals surface area contributed by atoms with Gasteiger partial charge in [0.15, 0.2) is 0 Å². The highest BCUT2D eigenvalue weighted by Crippen LogP contribution is 1.95. The number of rotatable bonds is 3. The SMILES string of the molecule is O=C([O-])/C=C/C([O-])=Nc1nn[nH]n1. The summed E-state index contributed by atoms with van der Waals surface area (Å²) < 4.78 is 0. The molecule has 8 heteroatoms. The molecule has 0 amide bonds. The van der Waals surface area contributed by atoms with Gasteiger partial charge in [0, 0.05) is 0 Å². The zero-order valence-corrected chi connectivity index (χ0v) is 6.17. The molecule has 1 aromatic heterocycles. The van der Waals surface area contributed by atoms with Crippen LogP contribution in [0.15, 0.2) is 17.1 Å². The highest BCUT2D eigenvalue weighted by atomic mass is 16.4. The van der Waals surface area contributed by atoms with Crippen LogP contribution in [-0.2, 0) is 4.79 Å². The van der Waals surface area contributed by atoms with Crippen molar-refractivity contribution in [2.75, 3.05) is 0 Å². The Morgan fingerprint density at radius 2 is 2.23 bits per heavy atom. The fourth-order valence-corrected chi connectivity index (χ4v) is 0.479. The molecule has 0 saturated carbocycles. The summed E-state index contributed by atoms with van der Waals surface area (Å²) in [6.07, 6.45) is 1.29. The average Bonchev–Trinajstić information content (AvgIpc) is 2.53. The number of H-pyrrole nitrogens is 1. The molecule has 1 N–H and O–H groups in total. The lowest BCUT2D eigenvalue weighted by molar-refractivity contribution is -0.297. The average molecular weight is 181 g/mol. The first-order chi connectivity index (χ1) is 6.18. The van der Waals surface area contributed by atoms with Crippen LogP contribution in [0.25, 0.3) is 0 Å². The first kappa shape index (κ1) is 8.84. The predicted molar refractivity (Wildman–Crippen MR) is 35.4 cm³/mol. The first-order valence-electron chi connectivity index (χ1n) is 3.06. The van der Waals surface area contributed by atoms with Crippen molar-refractivity contribution in [3.05, 3.63) is 12.2 Å². The number of carbonyl (C=O) groups excluding carboxylic acids is 1. The van der Waals surface area contributed by atoms with Crippen molar-refractivity contribution in [1.29, 1.82) is 0 Å². The first-order valence-corrected chi connectivity index (χ1v) is 3.06. The number of tetrazole rings is 1. The van der Waals surface area contributed by atoms with E-state index in [1.165, 1.54) is 0 Å². The Morgan fingerprint density at radius 1 is 1.46 bits per heavy atom. The Labute approximate surface area is 71.6 Å². The Bertz CT molecular complexity index is 341. The number of carbonyl (C=O) groups is 1. The van der Waals surface area contributed by atoms with Crippen molar-refractivity contribution >= 4 is 17.8 Å². The summed E-state index contributed by atoms with van der Waals surface area (Å²) in [5.74, 6) is -2.43. The second-order valence-electron chi connectivity index (χ2n) is 1.81. The molecule has 0 aliphatic heterocycles. The lowest BCUT2D eigenvalue weighted by Crippen LogP contribution is -2.21. The van der Waals surface area contributed by atoms with Gasteiger partial charge >= 0.3 is 0 Å². The number of hydrogen-bond donors (Lipinski definition) is 1. The molecule has 0 atom stereocenters. The number of aromatic amines is 1. The topological polar surface area (TPSA) is 130 Å². The van der Waals surface area contributed by atoms with E-state index >= 15 is 0 Å². The van der Waals surface area contributed by atoms with Crippen molar-refractivity contribution in [2.24, 2.45) is 4.99 Å². The number of nitrogens with one attached hydrogen (secondary N) is 1. The number of aliphatic imine (C=N–C) groups is 1. The summed E-state index contributed by atoms with van der Waals surface area (Å²) in [5, 5.41) is 32.5. The van der Waals surface area contributed by atoms with Gasteiger partial charge in [-0.05, 0) is 23.3 Å². The van der Waals surface area contributed by atoms with Gasteiger partial charge in [-0.2, -0.15) is 5.21 Å². The lowest BCUT2D eigenvalue weighted by Gasteiger charge is -2.01. The summed E-state index contributed by atoms with van der Waals surface area (Å²) in [6, 6.07) is 0. The number of aromatic nitrogens is 4. The van der Waals surface area contributed by atoms with Crippen LogP contribution in [-0.4, -0.2) is 32.5 Å². The van der Waals surface area contributed by atoms with Gasteiger partial charge in [-0.3, -0.25) is 0 Å². The molecule has 0 bridgehead atoms. The molecule has 0 saturated heterocycles. The van der Waals surface area contributed by atoms with Crippen LogP contribution in [0.2, 0.25) is 0 Å². The second-order valence-corrected chi connectivity index (χ2v) is 1.81. The fraction of sp³-hybridized carbons (Fsp3) is 0. The standard InChI is InChI=1S/C5H5N5O3/c11-3(1-2-4(12)13)6-5-7-9-10-8-5/h1-2H,(H,12,13)(H2,6,7,8,9,10,11)/p-2/b2-1+. The third kappa shape index (κ3) is 3.10. The minimum absolute atomic E-state index is 0.159. The Kier molecular flexibility index (Phi) is 2.69. The molecule has 0 radical (unpaired) electrons. The van der Waals surface area contributed by atoms with E-state index < -0.39 is 11.9 Å². The molecule has 0 aliphatic rings. The van der Waals surface area contributed by atoms with Gasteiger partial charge in [-0.25, -0.2) is 4.99 Å². The predicted octanol–water partition coefficient (Wildman–Crippen LogP) is -3.10. The molecular weight excluding hydrogens is 178 g/mol. The van der Waals surface area contributed by atoms with Crippen molar-refractivity contribution in [2.45, 2.75) is 0 Å². The van der Waals surface area contributed by atoms with E-state index in [0.29, 0.717) is 6.08 Å². The van der Waals surface area contributed by atoms with E-state index in [1.54, 1.807) is 0 Å². The van der Waals surface area contributed by atoms with E-state index in [0.717, 1.165) is 6.08 Å². The smallest absolute Gasteiger partial charge is 0.288 e. The van der Waals surface area contributed by atoms with Gasteiger partial charge in [0.2, 0.25) is 0 Å². The van der Waals surface area contributed by atoms with Crippen LogP contribution in [0.4, 0.5) is 5.95 Å². The Morgan fingerprint density at radius 3 is 2.77 bits per heavy atom. The number of carboxylic acid groups (broad SMARTS) is 1. The minimum Gasteiger partial charge on any atom is -0.859 e. The van der Waals surface area contributed by atoms with Crippen LogP contribution >= 0.6 is 0 Å². The molecular formula is C5H3N5O3-2. The van der Waals surface area contributed by atoms with Gasteiger partial charge in [0.25, 0.3) is 5.95 Å². The maximum atomic E-state index is 10.7. The van der Waals surface area contributed by atoms with Gasteiger partial charge in [0.1, 0.15) is 0 Å². The number of nitrogens with zero attached hydrogens (tertiary/aromatic N) is 4. The zero-order chi connectivity index (χ0) is 9.68. The van der Waals surface area contributed by atoms with Crippen molar-refractivity contribution < 1.29 is 15.0 Å². The summed E-state index contributed by atoms with van der Waals surface area (Å²) >= 11 is 0. The molecule has 1 heterocycles. The normalized spacial score (nSPS) is 12.2. The summed E-state index contributed by atoms with van der Waals surface area (Å²) in [6.45, 7) is 0. The Hall–Kier alpha value is -2.25. The van der Waals surface area contributed by atoms with E-state index in [9.17, 15) is 15.0 Å². The van der Waals surface area contributed by atoms with Crippen molar-refractivity contribution in [1.82, 2.24) is 20.6 Å². The minimum atomic E-state index is -1.48. The van der Waals surface area contributed by atoms with Gasteiger partial charge < -0.3 is 15.0 Å². The highest BCUT2D eigenvalue weighted by Gasteiger charge is 1.89. The summed E-state index contributed by atoms with van der Waals surface area (Å²) in [5.41, 5.74) is 0. The van der Waals surface area contributed by atoms with Crippen LogP contribution in [0, 0.1) is 0 Å². The fourth-order valence-electron chi connectivity index (χ4n) is 0.479. The van der Waals surface area contributed by atoms with Crippen molar-refractivity contribution in [3.63, 3.8) is 0 Å². The molecule has 0 aromatic carbocycles. The number of hydrogen-bond acceptors (Lipinski definition) is 7. The van der Waals surface area contributed by atoms with Gasteiger partial charge in [-0.1, -0.05) is 5.10 Å². The van der Waals surface area contributed by atoms with Gasteiger partial charge in [-0.15, -0.1) is 5.10 Å². The maximum absolute atomic E-state index is 10.7. The molecule has 1 rings (SSSR count). The monoisotopic (exact) mass is 181 g/mol. The molecule has 8 nitrogen and oxygen atoms in total. The highest BCUT2D eigenvalue weighted by molar-refractivity contribution is 5.91. The quantitative estimate of drug-likeness (QED) is 0.298. The third-order valence-corrected chi connectivity index (χ3v) is 0.906. The van der Waals surface area contributed by atoms with E-state index in [2.05, 4.69) is 25.6 Å². The number of aliphatic carboxylic acids is 1. The Balaban J connectivity index is 2.67. The van der Waals surface area contributed by atoms with Crippen molar-refractivity contribution in [3.8, 4) is 0 Å². The van der Waals surface area contributed by atoms with Crippen LogP contribution in [0.5, 0.6) is 0 Å². The molecule has 0 spiro atoms. The molecule has 1 aromatic rings. The third-order valence-electron chi connectivity index (χ3n) is 0.906. The molecule has 0 aliphatic carbocycles. The van der Waals surface area contributed by atoms with E-state index in [4.69, 9.17) is 0 Å². The summed E-state index contributed by atoms with van der Waals surface area (Å²) in [7, 11) is 0. The zero-order valence-electron chi connectivity index (χ0n) is 6.17. The largest absolute Gasteiger partial charge is 0.859 e. The molecule has 68 valence electrons. The second kappa shape index (κ2) is 3.95. The molecule has 0 unspecified atom stereocenters. The van der Waals surface area contributed by atoms with Crippen LogP contribution in [0.3, 0.4) is 0 Å². The van der Waals surface area contributed by atoms with E-state index in [1.807, 2.05) is 0 Å². The maximum Gasteiger partial charge on any atom is 0.288 e. The lowest BCUT2D eigenvalue weighted by atomic mass is 10.5. The van der Waals surface area contributed by atoms with Gasteiger partial charge in [0.05, 0.1) is 5.97 Å². The van der Waals surface area contributed by atoms with E-state index in [-0.39, 0.29) is 5.95 Å². The molecule has 13 heavy (non-hydrogen) atoms.